The summed E-state index contributed by atoms with van der Waals surface area (Å²) in [6, 6.07) is 4.66. The number of hydrazone groups is 1. The van der Waals surface area contributed by atoms with Gasteiger partial charge in [-0.25, -0.2) is 10.1 Å². The van der Waals surface area contributed by atoms with Crippen LogP contribution in [0.15, 0.2) is 27.9 Å². The number of hydrogen-bond donors (Lipinski definition) is 3. The smallest absolute Gasteiger partial charge is 0.293 e. The Morgan fingerprint density at radius 3 is 2.81 bits per heavy atom. The molecule has 2 heterocycles. The summed E-state index contributed by atoms with van der Waals surface area (Å²) >= 11 is 0. The lowest BCUT2D eigenvalue weighted by molar-refractivity contribution is 0.0948. The first-order chi connectivity index (χ1) is 15.0. The molecule has 0 aliphatic rings. The number of aromatic nitrogens is 5. The van der Waals surface area contributed by atoms with E-state index in [1.165, 1.54) is 24.1 Å². The number of ether oxygens (including phenoxy) is 1. The van der Waals surface area contributed by atoms with E-state index in [1.807, 2.05) is 13.8 Å². The highest BCUT2D eigenvalue weighted by molar-refractivity contribution is 5.94. The van der Waals surface area contributed by atoms with Crippen LogP contribution in [0.2, 0.25) is 0 Å². The van der Waals surface area contributed by atoms with Crippen molar-refractivity contribution < 1.29 is 19.3 Å². The van der Waals surface area contributed by atoms with Crippen molar-refractivity contribution in [1.29, 1.82) is 0 Å². The molecule has 13 nitrogen and oxygen atoms in total. The summed E-state index contributed by atoms with van der Waals surface area (Å²) in [5, 5.41) is 28.9. The second-order valence-electron chi connectivity index (χ2n) is 6.36. The molecule has 1 amide bonds. The average molecular weight is 429 g/mol. The summed E-state index contributed by atoms with van der Waals surface area (Å²) in [6.45, 7) is 5.86. The van der Waals surface area contributed by atoms with Gasteiger partial charge in [0.2, 0.25) is 11.6 Å². The van der Waals surface area contributed by atoms with Gasteiger partial charge in [-0.15, -0.1) is 5.10 Å². The standard InChI is InChI=1S/C18H23N9O4/c1-4-26(5-2)10-12-15(21-25-27(12)17-16(19)23-31-24-17)18(29)22-20-9-11-6-7-13(28)14(8-11)30-3/h6-9,28H,4-5,10H2,1-3H3,(H2,19,23)(H,22,29)/b20-9-. The molecule has 2 aromatic heterocycles. The zero-order valence-electron chi connectivity index (χ0n) is 17.3. The highest BCUT2D eigenvalue weighted by atomic mass is 16.6. The first-order valence-corrected chi connectivity index (χ1v) is 9.44. The highest BCUT2D eigenvalue weighted by Crippen LogP contribution is 2.25. The number of hydrogen-bond acceptors (Lipinski definition) is 11. The zero-order chi connectivity index (χ0) is 22.4. The molecule has 0 saturated carbocycles. The quantitative estimate of drug-likeness (QED) is 0.322. The second-order valence-corrected chi connectivity index (χ2v) is 6.36. The molecule has 3 aromatic rings. The largest absolute Gasteiger partial charge is 0.504 e. The SMILES string of the molecule is CCN(CC)Cc1c(C(=O)N/N=C\c2ccc(O)c(OC)c2)nnn1-c1nonc1N. The molecule has 0 radical (unpaired) electrons. The van der Waals surface area contributed by atoms with Crippen molar-refractivity contribution >= 4 is 17.9 Å². The number of methoxy groups -OCH3 is 1. The lowest BCUT2D eigenvalue weighted by atomic mass is 10.2. The predicted molar refractivity (Wildman–Crippen MR) is 110 cm³/mol. The topological polar surface area (TPSA) is 170 Å². The number of phenolic OH excluding ortho intramolecular Hbond substituents is 1. The number of nitrogens with one attached hydrogen (secondary N) is 1. The van der Waals surface area contributed by atoms with E-state index >= 15 is 0 Å². The lowest BCUT2D eigenvalue weighted by Crippen LogP contribution is -2.27. The van der Waals surface area contributed by atoms with Gasteiger partial charge in [0.1, 0.15) is 0 Å². The Hall–Kier alpha value is -4.00. The maximum absolute atomic E-state index is 12.7. The summed E-state index contributed by atoms with van der Waals surface area (Å²) in [5.74, 6) is -0.0997. The number of nitrogens with zero attached hydrogens (tertiary/aromatic N) is 7. The number of rotatable bonds is 9. The molecule has 13 heteroatoms. The number of amides is 1. The predicted octanol–water partition coefficient (Wildman–Crippen LogP) is 0.552. The maximum Gasteiger partial charge on any atom is 0.293 e. The highest BCUT2D eigenvalue weighted by Gasteiger charge is 2.24. The summed E-state index contributed by atoms with van der Waals surface area (Å²) in [4.78, 5) is 14.8. The number of carbonyl (C=O) groups excluding carboxylic acids is 1. The molecule has 0 aliphatic heterocycles. The van der Waals surface area contributed by atoms with Crippen LogP contribution in [0.25, 0.3) is 5.82 Å². The van der Waals surface area contributed by atoms with E-state index in [0.29, 0.717) is 23.6 Å². The Labute approximate surface area is 177 Å². The molecular formula is C18H23N9O4. The fourth-order valence-corrected chi connectivity index (χ4v) is 2.78. The number of nitrogens with two attached hydrogens (primary N) is 1. The second kappa shape index (κ2) is 9.67. The molecule has 4 N–H and O–H groups in total. The van der Waals surface area contributed by atoms with Crippen molar-refractivity contribution in [2.45, 2.75) is 20.4 Å². The van der Waals surface area contributed by atoms with Crippen LogP contribution in [-0.2, 0) is 6.54 Å². The third-order valence-corrected chi connectivity index (χ3v) is 4.53. The minimum absolute atomic E-state index is 0.00274. The minimum Gasteiger partial charge on any atom is -0.504 e. The van der Waals surface area contributed by atoms with Gasteiger partial charge < -0.3 is 15.6 Å². The summed E-state index contributed by atoms with van der Waals surface area (Å²) in [5.41, 5.74) is 9.35. The van der Waals surface area contributed by atoms with Gasteiger partial charge in [-0.1, -0.05) is 19.1 Å². The number of anilines is 1. The van der Waals surface area contributed by atoms with Crippen molar-refractivity contribution in [3.05, 3.63) is 35.2 Å². The summed E-state index contributed by atoms with van der Waals surface area (Å²) < 4.78 is 11.0. The van der Waals surface area contributed by atoms with Gasteiger partial charge in [0.05, 0.1) is 19.0 Å². The molecule has 0 fully saturated rings. The number of aromatic hydroxyl groups is 1. The van der Waals surface area contributed by atoms with Gasteiger partial charge in [0.15, 0.2) is 17.2 Å². The average Bonchev–Trinajstić information content (AvgIpc) is 3.38. The fraction of sp³-hybridized carbons (Fsp3) is 0.333. The van der Waals surface area contributed by atoms with E-state index in [1.54, 1.807) is 12.1 Å². The third kappa shape index (κ3) is 4.78. The van der Waals surface area contributed by atoms with Gasteiger partial charge in [0, 0.05) is 6.54 Å². The van der Waals surface area contributed by atoms with Gasteiger partial charge in [-0.05, 0) is 47.2 Å². The van der Waals surface area contributed by atoms with E-state index in [-0.39, 0.29) is 23.1 Å². The Kier molecular flexibility index (Phi) is 6.77. The molecule has 0 bridgehead atoms. The van der Waals surface area contributed by atoms with E-state index in [2.05, 4.69) is 40.7 Å². The fourth-order valence-electron chi connectivity index (χ4n) is 2.78. The van der Waals surface area contributed by atoms with Crippen molar-refractivity contribution in [3.8, 4) is 17.3 Å². The molecule has 0 saturated heterocycles. The van der Waals surface area contributed by atoms with Crippen LogP contribution in [0, 0.1) is 0 Å². The monoisotopic (exact) mass is 429 g/mol. The Bertz CT molecular complexity index is 1070. The van der Waals surface area contributed by atoms with Gasteiger partial charge in [-0.2, -0.15) is 9.78 Å². The number of nitrogen functional groups attached to an aromatic ring is 1. The summed E-state index contributed by atoms with van der Waals surface area (Å²) in [6.07, 6.45) is 1.41. The first kappa shape index (κ1) is 21.7. The van der Waals surface area contributed by atoms with Crippen LogP contribution in [0.1, 0.15) is 35.6 Å². The van der Waals surface area contributed by atoms with E-state index in [4.69, 9.17) is 10.5 Å². The third-order valence-electron chi connectivity index (χ3n) is 4.53. The first-order valence-electron chi connectivity index (χ1n) is 9.44. The van der Waals surface area contributed by atoms with Gasteiger partial charge in [0.25, 0.3) is 5.91 Å². The number of benzene rings is 1. The molecule has 0 unspecified atom stereocenters. The van der Waals surface area contributed by atoms with Crippen LogP contribution in [0.5, 0.6) is 11.5 Å². The van der Waals surface area contributed by atoms with E-state index in [9.17, 15) is 9.90 Å². The molecular weight excluding hydrogens is 406 g/mol. The maximum atomic E-state index is 12.7. The summed E-state index contributed by atoms with van der Waals surface area (Å²) in [7, 11) is 1.44. The van der Waals surface area contributed by atoms with E-state index < -0.39 is 5.91 Å². The van der Waals surface area contributed by atoms with Crippen molar-refractivity contribution in [3.63, 3.8) is 0 Å². The molecule has 3 rings (SSSR count). The zero-order valence-corrected chi connectivity index (χ0v) is 17.3. The van der Waals surface area contributed by atoms with Crippen LogP contribution in [0.4, 0.5) is 5.82 Å². The molecule has 31 heavy (non-hydrogen) atoms. The number of phenols is 1. The molecule has 1 aromatic carbocycles. The normalized spacial score (nSPS) is 11.4. The molecule has 0 atom stereocenters. The molecule has 164 valence electrons. The van der Waals surface area contributed by atoms with Crippen LogP contribution in [-0.4, -0.2) is 67.6 Å². The Balaban J connectivity index is 1.84. The lowest BCUT2D eigenvalue weighted by Gasteiger charge is -2.18. The van der Waals surface area contributed by atoms with Crippen molar-refractivity contribution in [1.82, 2.24) is 35.6 Å². The van der Waals surface area contributed by atoms with Crippen LogP contribution >= 0.6 is 0 Å². The van der Waals surface area contributed by atoms with E-state index in [0.717, 1.165) is 13.1 Å². The Morgan fingerprint density at radius 1 is 1.39 bits per heavy atom. The van der Waals surface area contributed by atoms with Gasteiger partial charge >= 0.3 is 0 Å². The van der Waals surface area contributed by atoms with Gasteiger partial charge in [-0.3, -0.25) is 9.69 Å². The van der Waals surface area contributed by atoms with Crippen molar-refractivity contribution in [2.75, 3.05) is 25.9 Å². The van der Waals surface area contributed by atoms with Crippen LogP contribution in [0.3, 0.4) is 0 Å². The molecule has 0 spiro atoms. The van der Waals surface area contributed by atoms with Crippen LogP contribution < -0.4 is 15.9 Å². The Morgan fingerprint density at radius 2 is 2.16 bits per heavy atom. The number of carbonyl (C=O) groups is 1. The molecule has 0 aliphatic carbocycles. The van der Waals surface area contributed by atoms with Crippen molar-refractivity contribution in [2.24, 2.45) is 5.10 Å². The minimum atomic E-state index is -0.564.